The zero-order valence-electron chi connectivity index (χ0n) is 14.9. The zero-order valence-corrected chi connectivity index (χ0v) is 14.9. The lowest BCUT2D eigenvalue weighted by molar-refractivity contribution is 0.0272. The van der Waals surface area contributed by atoms with E-state index in [-0.39, 0.29) is 6.23 Å². The summed E-state index contributed by atoms with van der Waals surface area (Å²) in [5.41, 5.74) is 7.63. The van der Waals surface area contributed by atoms with Crippen molar-refractivity contribution in [1.82, 2.24) is 0 Å². The highest BCUT2D eigenvalue weighted by atomic mass is 16.7. The normalized spacial score (nSPS) is 18.6. The molecule has 26 heavy (non-hydrogen) atoms. The van der Waals surface area contributed by atoms with Gasteiger partial charge in [-0.15, -0.1) is 0 Å². The van der Waals surface area contributed by atoms with Crippen LogP contribution in [0.25, 0.3) is 0 Å². The Bertz CT molecular complexity index is 938. The predicted octanol–water partition coefficient (Wildman–Crippen LogP) is 5.01. The van der Waals surface area contributed by atoms with E-state index in [4.69, 9.17) is 4.84 Å². The number of anilines is 2. The van der Waals surface area contributed by atoms with E-state index in [1.54, 1.807) is 0 Å². The third-order valence-corrected chi connectivity index (χ3v) is 5.36. The number of hydrogen-bond acceptors (Lipinski definition) is 3. The highest BCUT2D eigenvalue weighted by Crippen LogP contribution is 2.41. The van der Waals surface area contributed by atoms with Crippen molar-refractivity contribution >= 4 is 11.4 Å². The average Bonchev–Trinajstić information content (AvgIpc) is 2.85. The summed E-state index contributed by atoms with van der Waals surface area (Å²) in [6, 6.07) is 25.8. The highest BCUT2D eigenvalue weighted by Gasteiger charge is 2.34. The lowest BCUT2D eigenvalue weighted by atomic mass is 9.97. The molecule has 3 nitrogen and oxygen atoms in total. The molecule has 2 aliphatic rings. The molecule has 0 spiro atoms. The molecular weight excluding hydrogens is 320 g/mol. The number of fused-ring (bicyclic) bond motifs is 5. The van der Waals surface area contributed by atoms with Crippen molar-refractivity contribution in [3.05, 3.63) is 95.1 Å². The van der Waals surface area contributed by atoms with Gasteiger partial charge in [-0.2, -0.15) is 0 Å². The van der Waals surface area contributed by atoms with Crippen molar-refractivity contribution in [1.29, 1.82) is 0 Å². The number of benzene rings is 3. The van der Waals surface area contributed by atoms with Crippen LogP contribution in [-0.4, -0.2) is 6.54 Å². The second kappa shape index (κ2) is 6.19. The van der Waals surface area contributed by atoms with Crippen LogP contribution in [-0.2, 0) is 17.8 Å². The Kier molecular flexibility index (Phi) is 3.68. The van der Waals surface area contributed by atoms with Crippen LogP contribution in [0.3, 0.4) is 0 Å². The molecule has 0 aromatic heterocycles. The van der Waals surface area contributed by atoms with Gasteiger partial charge in [0, 0.05) is 17.8 Å². The molecular formula is C23H22N2O. The van der Waals surface area contributed by atoms with Crippen LogP contribution in [0.1, 0.15) is 28.5 Å². The Morgan fingerprint density at radius 1 is 0.885 bits per heavy atom. The number of hydroxylamine groups is 1. The minimum atomic E-state index is -0.0943. The standard InChI is InChI=1S/C23H22N2O/c1-17-11-12-19-16-25(20-8-3-2-4-9-20)26-23-21-10-6-5-7-18(21)13-14-24(23)22(19)15-17/h2-12,15,23H,13-14,16H2,1H3. The van der Waals surface area contributed by atoms with Gasteiger partial charge in [-0.3, -0.25) is 0 Å². The molecule has 3 aromatic carbocycles. The van der Waals surface area contributed by atoms with E-state index in [2.05, 4.69) is 78.6 Å². The van der Waals surface area contributed by atoms with Crippen LogP contribution in [0.2, 0.25) is 0 Å². The fourth-order valence-corrected chi connectivity index (χ4v) is 4.02. The first-order chi connectivity index (χ1) is 12.8. The Morgan fingerprint density at radius 3 is 2.58 bits per heavy atom. The van der Waals surface area contributed by atoms with Crippen LogP contribution in [0.5, 0.6) is 0 Å². The number of hydrogen-bond donors (Lipinski definition) is 0. The van der Waals surface area contributed by atoms with Crippen LogP contribution in [0.15, 0.2) is 72.8 Å². The maximum Gasteiger partial charge on any atom is 0.183 e. The first kappa shape index (κ1) is 15.5. The van der Waals surface area contributed by atoms with E-state index in [9.17, 15) is 0 Å². The van der Waals surface area contributed by atoms with Gasteiger partial charge in [-0.25, -0.2) is 9.90 Å². The van der Waals surface area contributed by atoms with E-state index in [0.717, 1.165) is 25.2 Å². The number of nitrogens with zero attached hydrogens (tertiary/aromatic N) is 2. The second-order valence-corrected chi connectivity index (χ2v) is 7.10. The minimum absolute atomic E-state index is 0.0943. The maximum absolute atomic E-state index is 6.61. The number of para-hydroxylation sites is 1. The number of aryl methyl sites for hydroxylation is 1. The Labute approximate surface area is 154 Å². The molecule has 2 aliphatic heterocycles. The van der Waals surface area contributed by atoms with E-state index in [0.29, 0.717) is 0 Å². The lowest BCUT2D eigenvalue weighted by Gasteiger charge is -2.38. The summed E-state index contributed by atoms with van der Waals surface area (Å²) in [7, 11) is 0. The first-order valence-corrected chi connectivity index (χ1v) is 9.23. The van der Waals surface area contributed by atoms with Gasteiger partial charge < -0.3 is 4.90 Å². The summed E-state index contributed by atoms with van der Waals surface area (Å²) in [5.74, 6) is 0. The van der Waals surface area contributed by atoms with Gasteiger partial charge in [-0.05, 0) is 48.2 Å². The summed E-state index contributed by atoms with van der Waals surface area (Å²) >= 11 is 0. The lowest BCUT2D eigenvalue weighted by Crippen LogP contribution is -2.38. The van der Waals surface area contributed by atoms with Crippen LogP contribution in [0, 0.1) is 6.92 Å². The molecule has 0 aliphatic carbocycles. The van der Waals surface area contributed by atoms with E-state index in [1.807, 2.05) is 11.1 Å². The van der Waals surface area contributed by atoms with Crippen molar-refractivity contribution in [2.45, 2.75) is 26.1 Å². The zero-order chi connectivity index (χ0) is 17.5. The van der Waals surface area contributed by atoms with Gasteiger partial charge in [0.15, 0.2) is 6.23 Å². The second-order valence-electron chi connectivity index (χ2n) is 7.10. The molecule has 3 heteroatoms. The minimum Gasteiger partial charge on any atom is -0.340 e. The van der Waals surface area contributed by atoms with E-state index >= 15 is 0 Å². The topological polar surface area (TPSA) is 15.7 Å². The molecule has 0 radical (unpaired) electrons. The summed E-state index contributed by atoms with van der Waals surface area (Å²) in [6.45, 7) is 3.88. The Balaban J connectivity index is 1.66. The molecule has 0 saturated heterocycles. The van der Waals surface area contributed by atoms with Gasteiger partial charge in [0.25, 0.3) is 0 Å². The summed E-state index contributed by atoms with van der Waals surface area (Å²) in [5, 5.41) is 2.04. The van der Waals surface area contributed by atoms with Crippen LogP contribution >= 0.6 is 0 Å². The molecule has 130 valence electrons. The molecule has 0 bridgehead atoms. The Hall–Kier alpha value is -2.78. The van der Waals surface area contributed by atoms with Crippen molar-refractivity contribution in [2.24, 2.45) is 0 Å². The highest BCUT2D eigenvalue weighted by molar-refractivity contribution is 5.61. The van der Waals surface area contributed by atoms with Crippen molar-refractivity contribution in [3.8, 4) is 0 Å². The third kappa shape index (κ3) is 2.56. The van der Waals surface area contributed by atoms with Crippen LogP contribution < -0.4 is 9.96 Å². The monoisotopic (exact) mass is 342 g/mol. The summed E-state index contributed by atoms with van der Waals surface area (Å²) in [4.78, 5) is 9.03. The molecule has 0 saturated carbocycles. The quantitative estimate of drug-likeness (QED) is 0.618. The van der Waals surface area contributed by atoms with Gasteiger partial charge in [0.1, 0.15) is 0 Å². The summed E-state index contributed by atoms with van der Waals surface area (Å²) in [6.07, 6.45) is 0.956. The predicted molar refractivity (Wildman–Crippen MR) is 105 cm³/mol. The fourth-order valence-electron chi connectivity index (χ4n) is 4.02. The first-order valence-electron chi connectivity index (χ1n) is 9.23. The molecule has 1 atom stereocenters. The molecule has 0 amide bonds. The molecule has 5 rings (SSSR count). The maximum atomic E-state index is 6.61. The molecule has 0 N–H and O–H groups in total. The molecule has 1 unspecified atom stereocenters. The van der Waals surface area contributed by atoms with E-state index < -0.39 is 0 Å². The average molecular weight is 342 g/mol. The van der Waals surface area contributed by atoms with Gasteiger partial charge in [-0.1, -0.05) is 54.6 Å². The van der Waals surface area contributed by atoms with E-state index in [1.165, 1.54) is 27.9 Å². The van der Waals surface area contributed by atoms with Gasteiger partial charge in [0.2, 0.25) is 0 Å². The Morgan fingerprint density at radius 2 is 1.69 bits per heavy atom. The molecule has 3 aromatic rings. The number of rotatable bonds is 1. The third-order valence-electron chi connectivity index (χ3n) is 5.36. The van der Waals surface area contributed by atoms with Gasteiger partial charge >= 0.3 is 0 Å². The van der Waals surface area contributed by atoms with Gasteiger partial charge in [0.05, 0.1) is 12.2 Å². The van der Waals surface area contributed by atoms with Crippen molar-refractivity contribution in [3.63, 3.8) is 0 Å². The molecule has 2 heterocycles. The van der Waals surface area contributed by atoms with Crippen molar-refractivity contribution in [2.75, 3.05) is 16.5 Å². The van der Waals surface area contributed by atoms with Crippen molar-refractivity contribution < 1.29 is 4.84 Å². The smallest absolute Gasteiger partial charge is 0.183 e. The summed E-state index contributed by atoms with van der Waals surface area (Å²) < 4.78 is 0. The fraction of sp³-hybridized carbons (Fsp3) is 0.217. The van der Waals surface area contributed by atoms with Crippen LogP contribution in [0.4, 0.5) is 11.4 Å². The molecule has 0 fully saturated rings. The largest absolute Gasteiger partial charge is 0.340 e. The SMILES string of the molecule is Cc1ccc2c(c1)N1CCc3ccccc3C1ON(c1ccccc1)C2.